The lowest BCUT2D eigenvalue weighted by molar-refractivity contribution is -0.125. The number of nitrogens with one attached hydrogen (secondary N) is 1. The van der Waals surface area contributed by atoms with Gasteiger partial charge < -0.3 is 4.57 Å². The van der Waals surface area contributed by atoms with Crippen molar-refractivity contribution in [1.82, 2.24) is 9.88 Å². The Balaban J connectivity index is 2.12. The molecule has 0 saturated carbocycles. The maximum atomic E-state index is 12.1. The van der Waals surface area contributed by atoms with Crippen LogP contribution >= 0.6 is 0 Å². The lowest BCUT2D eigenvalue weighted by atomic mass is 9.81. The summed E-state index contributed by atoms with van der Waals surface area (Å²) in [6, 6.07) is 8.11. The van der Waals surface area contributed by atoms with Gasteiger partial charge in [0.2, 0.25) is 11.8 Å². The molecule has 1 saturated heterocycles. The van der Waals surface area contributed by atoms with Crippen LogP contribution in [0.3, 0.4) is 0 Å². The number of aromatic nitrogens is 1. The molecule has 2 atom stereocenters. The fourth-order valence-electron chi connectivity index (χ4n) is 3.61. The average molecular weight is 266 g/mol. The van der Waals surface area contributed by atoms with Crippen LogP contribution in [0.25, 0.3) is 16.5 Å². The summed E-state index contributed by atoms with van der Waals surface area (Å²) in [6.07, 6.45) is 1.93. The number of hydrogen-bond acceptors (Lipinski definition) is 2. The van der Waals surface area contributed by atoms with Crippen LogP contribution in [-0.2, 0) is 16.6 Å². The molecule has 2 unspecified atom stereocenters. The van der Waals surface area contributed by atoms with Crippen LogP contribution in [0.15, 0.2) is 30.3 Å². The molecule has 1 aliphatic carbocycles. The van der Waals surface area contributed by atoms with Gasteiger partial charge in [-0.15, -0.1) is 0 Å². The van der Waals surface area contributed by atoms with E-state index in [2.05, 4.69) is 16.0 Å². The van der Waals surface area contributed by atoms with Gasteiger partial charge in [0.25, 0.3) is 0 Å². The number of benzene rings is 1. The van der Waals surface area contributed by atoms with E-state index in [1.54, 1.807) is 0 Å². The number of carbonyl (C=O) groups is 2. The minimum Gasteiger partial charge on any atom is -0.346 e. The fourth-order valence-corrected chi connectivity index (χ4v) is 3.61. The Morgan fingerprint density at radius 1 is 1.15 bits per heavy atom. The molecule has 0 spiro atoms. The van der Waals surface area contributed by atoms with Crippen LogP contribution in [0.4, 0.5) is 0 Å². The molecular formula is C16H14N2O2. The average Bonchev–Trinajstić information content (AvgIpc) is 2.87. The predicted octanol–water partition coefficient (Wildman–Crippen LogP) is 1.95. The molecule has 1 aromatic carbocycles. The molecule has 2 heterocycles. The first kappa shape index (κ1) is 11.5. The number of rotatable bonds is 0. The summed E-state index contributed by atoms with van der Waals surface area (Å²) in [7, 11) is 1.97. The number of allylic oxidation sites excluding steroid dienone is 1. The van der Waals surface area contributed by atoms with Crippen molar-refractivity contribution in [3.05, 3.63) is 41.6 Å². The second-order valence-corrected chi connectivity index (χ2v) is 5.54. The van der Waals surface area contributed by atoms with E-state index in [0.29, 0.717) is 0 Å². The largest absolute Gasteiger partial charge is 0.346 e. The third kappa shape index (κ3) is 1.21. The summed E-state index contributed by atoms with van der Waals surface area (Å²) < 4.78 is 2.05. The van der Waals surface area contributed by atoms with Crippen molar-refractivity contribution in [2.45, 2.75) is 12.8 Å². The Kier molecular flexibility index (Phi) is 2.06. The van der Waals surface area contributed by atoms with Crippen LogP contribution in [-0.4, -0.2) is 16.4 Å². The predicted molar refractivity (Wildman–Crippen MR) is 76.0 cm³/mol. The molecule has 4 rings (SSSR count). The van der Waals surface area contributed by atoms with Gasteiger partial charge in [-0.05, 0) is 18.6 Å². The summed E-state index contributed by atoms with van der Waals surface area (Å²) in [4.78, 5) is 24.1. The Morgan fingerprint density at radius 2 is 1.90 bits per heavy atom. The molecule has 4 heteroatoms. The van der Waals surface area contributed by atoms with Crippen LogP contribution in [0.2, 0.25) is 0 Å². The van der Waals surface area contributed by atoms with Gasteiger partial charge in [0.1, 0.15) is 0 Å². The summed E-state index contributed by atoms with van der Waals surface area (Å²) in [5.74, 6) is -1.12. The number of amides is 2. The normalized spacial score (nSPS) is 24.4. The number of aryl methyl sites for hydroxylation is 1. The van der Waals surface area contributed by atoms with Gasteiger partial charge in [-0.2, -0.15) is 0 Å². The van der Waals surface area contributed by atoms with Crippen molar-refractivity contribution in [3.8, 4) is 0 Å². The van der Waals surface area contributed by atoms with Crippen LogP contribution in [0.5, 0.6) is 0 Å². The first-order valence-electron chi connectivity index (χ1n) is 6.70. The zero-order valence-corrected chi connectivity index (χ0v) is 11.3. The minimum absolute atomic E-state index is 0.184. The van der Waals surface area contributed by atoms with Gasteiger partial charge in [-0.25, -0.2) is 0 Å². The highest BCUT2D eigenvalue weighted by Crippen LogP contribution is 2.45. The fraction of sp³-hybridized carbons (Fsp3) is 0.250. The Labute approximate surface area is 116 Å². The number of para-hydroxylation sites is 1. The smallest absolute Gasteiger partial charge is 0.236 e. The van der Waals surface area contributed by atoms with E-state index in [9.17, 15) is 9.59 Å². The summed E-state index contributed by atoms with van der Waals surface area (Å²) in [6.45, 7) is 2.01. The maximum Gasteiger partial charge on any atom is 0.236 e. The van der Waals surface area contributed by atoms with E-state index < -0.39 is 5.92 Å². The van der Waals surface area contributed by atoms with Gasteiger partial charge in [0.05, 0.1) is 11.8 Å². The van der Waals surface area contributed by atoms with Gasteiger partial charge in [-0.3, -0.25) is 14.9 Å². The summed E-state index contributed by atoms with van der Waals surface area (Å²) >= 11 is 0. The first-order valence-corrected chi connectivity index (χ1v) is 6.70. The van der Waals surface area contributed by atoms with Gasteiger partial charge in [-0.1, -0.05) is 24.3 Å². The standard InChI is InChI=1S/C16H14N2O2/c1-8-7-10-13(16(20)17-15(10)19)14-12(8)9-5-3-4-6-11(9)18(14)2/h3-7,10,13H,1-2H3,(H,17,19,20). The molecule has 4 nitrogen and oxygen atoms in total. The summed E-state index contributed by atoms with van der Waals surface area (Å²) in [5.41, 5.74) is 4.23. The zero-order chi connectivity index (χ0) is 14.0. The van der Waals surface area contributed by atoms with Gasteiger partial charge >= 0.3 is 0 Å². The van der Waals surface area contributed by atoms with Crippen molar-refractivity contribution in [3.63, 3.8) is 0 Å². The first-order chi connectivity index (χ1) is 9.59. The second-order valence-electron chi connectivity index (χ2n) is 5.54. The molecule has 20 heavy (non-hydrogen) atoms. The lowest BCUT2D eigenvalue weighted by Crippen LogP contribution is -2.22. The molecule has 2 aromatic rings. The van der Waals surface area contributed by atoms with Gasteiger partial charge in [0, 0.05) is 29.2 Å². The van der Waals surface area contributed by atoms with Crippen molar-refractivity contribution >= 4 is 28.3 Å². The zero-order valence-electron chi connectivity index (χ0n) is 11.3. The Bertz CT molecular complexity index is 813. The second kappa shape index (κ2) is 3.60. The highest BCUT2D eigenvalue weighted by molar-refractivity contribution is 6.12. The van der Waals surface area contributed by atoms with Crippen LogP contribution in [0, 0.1) is 5.92 Å². The van der Waals surface area contributed by atoms with Gasteiger partial charge in [0.15, 0.2) is 0 Å². The van der Waals surface area contributed by atoms with Crippen molar-refractivity contribution in [2.24, 2.45) is 13.0 Å². The third-order valence-electron chi connectivity index (χ3n) is 4.46. The van der Waals surface area contributed by atoms with E-state index in [4.69, 9.17) is 0 Å². The number of fused-ring (bicyclic) bond motifs is 5. The van der Waals surface area contributed by atoms with Crippen molar-refractivity contribution < 1.29 is 9.59 Å². The molecule has 2 aliphatic rings. The molecule has 1 N–H and O–H groups in total. The summed E-state index contributed by atoms with van der Waals surface area (Å²) in [5, 5.41) is 3.60. The highest BCUT2D eigenvalue weighted by Gasteiger charge is 2.46. The van der Waals surface area contributed by atoms with Crippen molar-refractivity contribution in [2.75, 3.05) is 0 Å². The van der Waals surface area contributed by atoms with Crippen LogP contribution < -0.4 is 5.32 Å². The number of imide groups is 1. The van der Waals surface area contributed by atoms with E-state index in [1.165, 1.54) is 0 Å². The highest BCUT2D eigenvalue weighted by atomic mass is 16.2. The maximum absolute atomic E-state index is 12.1. The Hall–Kier alpha value is -2.36. The van der Waals surface area contributed by atoms with E-state index in [0.717, 1.165) is 27.7 Å². The SMILES string of the molecule is CC1=CC2C(=O)NC(=O)C2c2c1c1ccccc1n2C. The lowest BCUT2D eigenvalue weighted by Gasteiger charge is -2.22. The monoisotopic (exact) mass is 266 g/mol. The molecule has 1 aromatic heterocycles. The molecule has 1 fully saturated rings. The number of nitrogens with zero attached hydrogens (tertiary/aromatic N) is 1. The number of carbonyl (C=O) groups excluding carboxylic acids is 2. The Morgan fingerprint density at radius 3 is 2.70 bits per heavy atom. The minimum atomic E-state index is -0.390. The van der Waals surface area contributed by atoms with Crippen LogP contribution in [0.1, 0.15) is 24.1 Å². The van der Waals surface area contributed by atoms with E-state index >= 15 is 0 Å². The van der Waals surface area contributed by atoms with E-state index in [1.807, 2.05) is 38.2 Å². The molecule has 1 aliphatic heterocycles. The van der Waals surface area contributed by atoms with Crippen molar-refractivity contribution in [1.29, 1.82) is 0 Å². The molecule has 0 bridgehead atoms. The molecule has 2 amide bonds. The topological polar surface area (TPSA) is 51.1 Å². The molecular weight excluding hydrogens is 252 g/mol. The molecule has 100 valence electrons. The number of hydrogen-bond donors (Lipinski definition) is 1. The third-order valence-corrected chi connectivity index (χ3v) is 4.46. The molecule has 0 radical (unpaired) electrons. The quantitative estimate of drug-likeness (QED) is 0.741. The van der Waals surface area contributed by atoms with E-state index in [-0.39, 0.29) is 17.7 Å².